The minimum absolute atomic E-state index is 0.241. The molecule has 1 heterocycles. The minimum atomic E-state index is -0.445. The Bertz CT molecular complexity index is 503. The molecule has 7 heteroatoms. The van der Waals surface area contributed by atoms with Crippen LogP contribution in [0.2, 0.25) is 0 Å². The van der Waals surface area contributed by atoms with Crippen LogP contribution in [0.3, 0.4) is 0 Å². The lowest BCUT2D eigenvalue weighted by Crippen LogP contribution is -2.48. The van der Waals surface area contributed by atoms with Gasteiger partial charge in [0.25, 0.3) is 11.8 Å². The fourth-order valence-corrected chi connectivity index (χ4v) is 2.99. The number of hydrogen-bond donors (Lipinski definition) is 2. The lowest BCUT2D eigenvalue weighted by molar-refractivity contribution is -0.134. The van der Waals surface area contributed by atoms with E-state index in [2.05, 4.69) is 26.8 Å². The average molecular weight is 373 g/mol. The van der Waals surface area contributed by atoms with E-state index in [1.54, 1.807) is 6.92 Å². The summed E-state index contributed by atoms with van der Waals surface area (Å²) in [6.45, 7) is 2.39. The van der Waals surface area contributed by atoms with Crippen molar-refractivity contribution in [3.63, 3.8) is 0 Å². The molecule has 1 fully saturated rings. The van der Waals surface area contributed by atoms with Gasteiger partial charge < -0.3 is 4.74 Å². The van der Waals surface area contributed by atoms with Gasteiger partial charge in [-0.3, -0.25) is 20.4 Å². The van der Waals surface area contributed by atoms with Gasteiger partial charge in [-0.25, -0.2) is 0 Å². The van der Waals surface area contributed by atoms with Crippen LogP contribution in [-0.4, -0.2) is 29.8 Å². The number of carbonyl (C=O) groups is 2. The van der Waals surface area contributed by atoms with Crippen LogP contribution in [0.1, 0.15) is 19.8 Å². The fraction of sp³-hybridized carbons (Fsp3) is 0.429. The summed E-state index contributed by atoms with van der Waals surface area (Å²) in [5, 5.41) is -0.309. The van der Waals surface area contributed by atoms with E-state index in [0.29, 0.717) is 13.0 Å². The number of hydrazine groups is 1. The smallest absolute Gasteiger partial charge is 0.267 e. The fourth-order valence-electron chi connectivity index (χ4n) is 1.86. The second-order valence-corrected chi connectivity index (χ2v) is 7.02. The molecule has 21 heavy (non-hydrogen) atoms. The second-order valence-electron chi connectivity index (χ2n) is 4.69. The molecule has 0 saturated carbocycles. The van der Waals surface area contributed by atoms with Gasteiger partial charge in [0.1, 0.15) is 6.10 Å². The van der Waals surface area contributed by atoms with Crippen LogP contribution in [0.25, 0.3) is 0 Å². The number of carbonyl (C=O) groups excluding carboxylic acids is 2. The van der Waals surface area contributed by atoms with Gasteiger partial charge in [-0.05, 0) is 44.0 Å². The maximum atomic E-state index is 11.9. The largest absolute Gasteiger partial charge is 0.368 e. The van der Waals surface area contributed by atoms with Gasteiger partial charge >= 0.3 is 0 Å². The highest BCUT2D eigenvalue weighted by Crippen LogP contribution is 2.24. The summed E-state index contributed by atoms with van der Waals surface area (Å²) in [4.78, 5) is 24.6. The number of thioether (sulfide) groups is 1. The van der Waals surface area contributed by atoms with E-state index in [1.165, 1.54) is 11.8 Å². The van der Waals surface area contributed by atoms with Gasteiger partial charge in [0.2, 0.25) is 0 Å². The Kier molecular flexibility index (Phi) is 6.08. The predicted molar refractivity (Wildman–Crippen MR) is 84.7 cm³/mol. The van der Waals surface area contributed by atoms with Crippen LogP contribution in [0, 0.1) is 0 Å². The standard InChI is InChI=1S/C14H17BrN2O3S/c1-9(21-11-6-4-10(15)5-7-11)13(18)16-17-14(19)12-3-2-8-20-12/h4-7,9,12H,2-3,8H2,1H3,(H,16,18)(H,17,19). The number of halogens is 1. The van der Waals surface area contributed by atoms with Crippen molar-refractivity contribution in [2.45, 2.75) is 36.0 Å². The summed E-state index contributed by atoms with van der Waals surface area (Å²) in [7, 11) is 0. The summed E-state index contributed by atoms with van der Waals surface area (Å²) in [6.07, 6.45) is 1.13. The van der Waals surface area contributed by atoms with Crippen molar-refractivity contribution in [3.05, 3.63) is 28.7 Å². The zero-order valence-corrected chi connectivity index (χ0v) is 14.0. The molecule has 0 radical (unpaired) electrons. The molecule has 1 aromatic rings. The van der Waals surface area contributed by atoms with Crippen LogP contribution >= 0.6 is 27.7 Å². The molecule has 0 aromatic heterocycles. The first-order valence-electron chi connectivity index (χ1n) is 6.70. The topological polar surface area (TPSA) is 67.4 Å². The van der Waals surface area contributed by atoms with Crippen molar-refractivity contribution < 1.29 is 14.3 Å². The lowest BCUT2D eigenvalue weighted by Gasteiger charge is -2.14. The molecule has 1 aromatic carbocycles. The average Bonchev–Trinajstić information content (AvgIpc) is 3.01. The van der Waals surface area contributed by atoms with Crippen LogP contribution in [0.4, 0.5) is 0 Å². The van der Waals surface area contributed by atoms with Crippen molar-refractivity contribution in [3.8, 4) is 0 Å². The maximum absolute atomic E-state index is 11.9. The van der Waals surface area contributed by atoms with Gasteiger partial charge in [0.15, 0.2) is 0 Å². The molecule has 5 nitrogen and oxygen atoms in total. The molecule has 2 rings (SSSR count). The number of rotatable bonds is 4. The zero-order valence-electron chi connectivity index (χ0n) is 11.6. The molecule has 2 unspecified atom stereocenters. The third-order valence-corrected chi connectivity index (χ3v) is 4.67. The van der Waals surface area contributed by atoms with E-state index >= 15 is 0 Å². The summed E-state index contributed by atoms with van der Waals surface area (Å²) < 4.78 is 6.23. The van der Waals surface area contributed by atoms with Gasteiger partial charge in [-0.15, -0.1) is 11.8 Å². The lowest BCUT2D eigenvalue weighted by atomic mass is 10.2. The molecular weight excluding hydrogens is 356 g/mol. The molecule has 1 aliphatic rings. The molecule has 2 N–H and O–H groups in total. The first-order chi connectivity index (χ1) is 10.1. The number of ether oxygens (including phenoxy) is 1. The number of nitrogens with one attached hydrogen (secondary N) is 2. The first-order valence-corrected chi connectivity index (χ1v) is 8.37. The highest BCUT2D eigenvalue weighted by atomic mass is 79.9. The quantitative estimate of drug-likeness (QED) is 0.628. The Hall–Kier alpha value is -1.05. The maximum Gasteiger partial charge on any atom is 0.267 e. The Morgan fingerprint density at radius 2 is 2.05 bits per heavy atom. The Morgan fingerprint density at radius 1 is 1.33 bits per heavy atom. The van der Waals surface area contributed by atoms with E-state index in [1.807, 2.05) is 24.3 Å². The highest BCUT2D eigenvalue weighted by Gasteiger charge is 2.24. The summed E-state index contributed by atoms with van der Waals surface area (Å²) in [6, 6.07) is 7.71. The van der Waals surface area contributed by atoms with Crippen LogP contribution < -0.4 is 10.9 Å². The normalized spacial score (nSPS) is 19.0. The van der Waals surface area contributed by atoms with Crippen molar-refractivity contribution >= 4 is 39.5 Å². The van der Waals surface area contributed by atoms with E-state index < -0.39 is 6.10 Å². The van der Waals surface area contributed by atoms with Crippen LogP contribution in [0.15, 0.2) is 33.6 Å². The molecule has 114 valence electrons. The Labute approximate surface area is 136 Å². The monoisotopic (exact) mass is 372 g/mol. The second kappa shape index (κ2) is 7.82. The van der Waals surface area contributed by atoms with Crippen LogP contribution in [0.5, 0.6) is 0 Å². The van der Waals surface area contributed by atoms with Crippen molar-refractivity contribution in [2.24, 2.45) is 0 Å². The molecule has 2 atom stereocenters. The van der Waals surface area contributed by atoms with Gasteiger partial charge in [0, 0.05) is 16.0 Å². The van der Waals surface area contributed by atoms with Crippen molar-refractivity contribution in [2.75, 3.05) is 6.61 Å². The van der Waals surface area contributed by atoms with Gasteiger partial charge in [-0.2, -0.15) is 0 Å². The number of hydrogen-bond acceptors (Lipinski definition) is 4. The van der Waals surface area contributed by atoms with E-state index in [4.69, 9.17) is 4.74 Å². The number of amides is 2. The SMILES string of the molecule is CC(Sc1ccc(Br)cc1)C(=O)NNC(=O)C1CCCO1. The Balaban J connectivity index is 1.76. The van der Waals surface area contributed by atoms with Gasteiger partial charge in [0.05, 0.1) is 5.25 Å². The van der Waals surface area contributed by atoms with E-state index in [-0.39, 0.29) is 17.1 Å². The molecule has 1 saturated heterocycles. The molecular formula is C14H17BrN2O3S. The Morgan fingerprint density at radius 3 is 2.67 bits per heavy atom. The number of benzene rings is 1. The van der Waals surface area contributed by atoms with Gasteiger partial charge in [-0.1, -0.05) is 15.9 Å². The van der Waals surface area contributed by atoms with Crippen molar-refractivity contribution in [1.29, 1.82) is 0 Å². The molecule has 1 aliphatic heterocycles. The third-order valence-electron chi connectivity index (χ3n) is 3.03. The minimum Gasteiger partial charge on any atom is -0.368 e. The zero-order chi connectivity index (χ0) is 15.2. The summed E-state index contributed by atoms with van der Waals surface area (Å²) in [5.41, 5.74) is 4.86. The van der Waals surface area contributed by atoms with E-state index in [9.17, 15) is 9.59 Å². The molecule has 0 aliphatic carbocycles. The van der Waals surface area contributed by atoms with Crippen molar-refractivity contribution in [1.82, 2.24) is 10.9 Å². The molecule has 0 spiro atoms. The van der Waals surface area contributed by atoms with Crippen LogP contribution in [-0.2, 0) is 14.3 Å². The highest BCUT2D eigenvalue weighted by molar-refractivity contribution is 9.10. The summed E-state index contributed by atoms with van der Waals surface area (Å²) >= 11 is 4.79. The first kappa shape index (κ1) is 16.3. The molecule has 2 amide bonds. The molecule has 0 bridgehead atoms. The van der Waals surface area contributed by atoms with E-state index in [0.717, 1.165) is 15.8 Å². The third kappa shape index (κ3) is 5.01. The summed E-state index contributed by atoms with van der Waals surface area (Å²) in [5.74, 6) is -0.532. The predicted octanol–water partition coefficient (Wildman–Crippen LogP) is 2.26.